The van der Waals surface area contributed by atoms with Crippen molar-refractivity contribution in [3.63, 3.8) is 0 Å². The highest BCUT2D eigenvalue weighted by molar-refractivity contribution is 6.42. The summed E-state index contributed by atoms with van der Waals surface area (Å²) in [5.74, 6) is 0.138. The molecule has 0 bridgehead atoms. The summed E-state index contributed by atoms with van der Waals surface area (Å²) in [6, 6.07) is 18.3. The molecule has 1 amide bonds. The van der Waals surface area contributed by atoms with Crippen LogP contribution in [0.25, 0.3) is 0 Å². The van der Waals surface area contributed by atoms with E-state index in [0.29, 0.717) is 39.9 Å². The monoisotopic (exact) mass is 527 g/mol. The average Bonchev–Trinajstić information content (AvgIpc) is 3.19. The number of carbonyl (C=O) groups excluding carboxylic acids is 1. The highest BCUT2D eigenvalue weighted by Crippen LogP contribution is 2.39. The van der Waals surface area contributed by atoms with Gasteiger partial charge in [-0.05, 0) is 48.4 Å². The van der Waals surface area contributed by atoms with Crippen LogP contribution < -0.4 is 9.47 Å². The molecule has 36 heavy (non-hydrogen) atoms. The van der Waals surface area contributed by atoms with E-state index in [0.717, 1.165) is 16.7 Å². The molecule has 188 valence electrons. The van der Waals surface area contributed by atoms with Crippen molar-refractivity contribution in [1.29, 1.82) is 0 Å². The minimum Gasteiger partial charge on any atom is -0.496 e. The van der Waals surface area contributed by atoms with Gasteiger partial charge < -0.3 is 19.5 Å². The van der Waals surface area contributed by atoms with Crippen LogP contribution in [0.2, 0.25) is 10.0 Å². The maximum absolute atomic E-state index is 13.5. The fourth-order valence-electron chi connectivity index (χ4n) is 4.55. The van der Waals surface area contributed by atoms with E-state index in [9.17, 15) is 14.7 Å². The molecule has 8 heteroatoms. The predicted molar refractivity (Wildman–Crippen MR) is 139 cm³/mol. The lowest BCUT2D eigenvalue weighted by Crippen LogP contribution is -2.33. The second kappa shape index (κ2) is 10.8. The first-order chi connectivity index (χ1) is 17.2. The number of amides is 1. The summed E-state index contributed by atoms with van der Waals surface area (Å²) in [7, 11) is 1.57. The lowest BCUT2D eigenvalue weighted by molar-refractivity contribution is -0.137. The summed E-state index contributed by atoms with van der Waals surface area (Å²) in [5.41, 5.74) is 2.54. The number of halogens is 2. The standard InChI is InChI=1S/C28H27Cl2NO5/c1-28(15-19-7-5-8-22(29)26(19)30)16-21-14-18(10-11-24(21)36-28)27(34)31(13-12-25(32)33)17-20-6-3-4-9-23(20)35-2/h3-11,14H,12-13,15-17H2,1-2H3,(H,32,33). The minimum atomic E-state index is -0.967. The molecule has 0 saturated carbocycles. The molecule has 1 N–H and O–H groups in total. The Balaban J connectivity index is 1.55. The Hall–Kier alpha value is -3.22. The molecule has 0 spiro atoms. The number of rotatable bonds is 9. The first-order valence-electron chi connectivity index (χ1n) is 11.6. The predicted octanol–water partition coefficient (Wildman–Crippen LogP) is 6.06. The molecule has 1 aliphatic heterocycles. The first-order valence-corrected chi connectivity index (χ1v) is 12.3. The largest absolute Gasteiger partial charge is 0.496 e. The van der Waals surface area contributed by atoms with Gasteiger partial charge in [0, 0.05) is 37.1 Å². The molecule has 6 nitrogen and oxygen atoms in total. The van der Waals surface area contributed by atoms with Gasteiger partial charge in [-0.25, -0.2) is 0 Å². The van der Waals surface area contributed by atoms with E-state index < -0.39 is 11.6 Å². The SMILES string of the molecule is COc1ccccc1CN(CCC(=O)O)C(=O)c1ccc2c(c1)CC(C)(Cc1cccc(Cl)c1Cl)O2. The summed E-state index contributed by atoms with van der Waals surface area (Å²) >= 11 is 12.6. The fraction of sp³-hybridized carbons (Fsp3) is 0.286. The summed E-state index contributed by atoms with van der Waals surface area (Å²) in [5, 5.41) is 10.2. The van der Waals surface area contributed by atoms with E-state index in [4.69, 9.17) is 32.7 Å². The molecule has 1 aliphatic rings. The van der Waals surface area contributed by atoms with Crippen LogP contribution >= 0.6 is 23.2 Å². The number of fused-ring (bicyclic) bond motifs is 1. The van der Waals surface area contributed by atoms with Crippen molar-refractivity contribution in [2.45, 2.75) is 38.3 Å². The smallest absolute Gasteiger partial charge is 0.305 e. The van der Waals surface area contributed by atoms with Gasteiger partial charge in [-0.3, -0.25) is 9.59 Å². The van der Waals surface area contributed by atoms with Crippen LogP contribution in [0.4, 0.5) is 0 Å². The van der Waals surface area contributed by atoms with Crippen LogP contribution in [0, 0.1) is 0 Å². The number of hydrogen-bond acceptors (Lipinski definition) is 4. The number of nitrogens with zero attached hydrogens (tertiary/aromatic N) is 1. The molecule has 0 saturated heterocycles. The van der Waals surface area contributed by atoms with Crippen molar-refractivity contribution >= 4 is 35.1 Å². The van der Waals surface area contributed by atoms with Crippen molar-refractivity contribution < 1.29 is 24.2 Å². The zero-order valence-corrected chi connectivity index (χ0v) is 21.6. The van der Waals surface area contributed by atoms with E-state index in [-0.39, 0.29) is 25.4 Å². The van der Waals surface area contributed by atoms with E-state index in [1.165, 1.54) is 4.90 Å². The molecule has 1 unspecified atom stereocenters. The number of hydrogen-bond donors (Lipinski definition) is 1. The Morgan fingerprint density at radius 1 is 1.08 bits per heavy atom. The van der Waals surface area contributed by atoms with Gasteiger partial charge in [-0.1, -0.05) is 53.5 Å². The lowest BCUT2D eigenvalue weighted by atomic mass is 9.91. The summed E-state index contributed by atoms with van der Waals surface area (Å²) < 4.78 is 11.7. The Bertz CT molecular complexity index is 1290. The zero-order valence-electron chi connectivity index (χ0n) is 20.1. The molecular formula is C28H27Cl2NO5. The number of aliphatic carboxylic acids is 1. The van der Waals surface area contributed by atoms with E-state index in [1.54, 1.807) is 25.3 Å². The fourth-order valence-corrected chi connectivity index (χ4v) is 4.93. The maximum atomic E-state index is 13.5. The molecule has 0 aromatic heterocycles. The number of para-hydroxylation sites is 1. The molecule has 3 aromatic rings. The van der Waals surface area contributed by atoms with Gasteiger partial charge >= 0.3 is 5.97 Å². The molecule has 0 radical (unpaired) electrons. The molecule has 1 heterocycles. The van der Waals surface area contributed by atoms with Gasteiger partial charge in [-0.2, -0.15) is 0 Å². The Morgan fingerprint density at radius 3 is 2.58 bits per heavy atom. The van der Waals surface area contributed by atoms with Crippen LogP contribution in [-0.4, -0.2) is 41.1 Å². The Labute approximate surface area is 220 Å². The van der Waals surface area contributed by atoms with E-state index in [2.05, 4.69) is 0 Å². The van der Waals surface area contributed by atoms with Gasteiger partial charge in [0.15, 0.2) is 0 Å². The number of carboxylic acids is 1. The second-order valence-electron chi connectivity index (χ2n) is 9.12. The van der Waals surface area contributed by atoms with Crippen LogP contribution in [0.3, 0.4) is 0 Å². The molecule has 4 rings (SSSR count). The number of benzene rings is 3. The number of carboxylic acid groups (broad SMARTS) is 1. The molecule has 3 aromatic carbocycles. The Kier molecular flexibility index (Phi) is 7.76. The van der Waals surface area contributed by atoms with E-state index in [1.807, 2.05) is 49.4 Å². The third kappa shape index (κ3) is 5.77. The number of ether oxygens (including phenoxy) is 2. The van der Waals surface area contributed by atoms with Crippen LogP contribution in [0.1, 0.15) is 40.4 Å². The van der Waals surface area contributed by atoms with Crippen LogP contribution in [0.5, 0.6) is 11.5 Å². The summed E-state index contributed by atoms with van der Waals surface area (Å²) in [4.78, 5) is 26.3. The molecule has 1 atom stereocenters. The molecule has 0 aliphatic carbocycles. The van der Waals surface area contributed by atoms with Gasteiger partial charge in [0.05, 0.1) is 23.6 Å². The first kappa shape index (κ1) is 25.9. The third-order valence-corrected chi connectivity index (χ3v) is 7.12. The average molecular weight is 528 g/mol. The van der Waals surface area contributed by atoms with Gasteiger partial charge in [0.1, 0.15) is 17.1 Å². The van der Waals surface area contributed by atoms with Crippen molar-refractivity contribution in [2.75, 3.05) is 13.7 Å². The van der Waals surface area contributed by atoms with Gasteiger partial charge in [-0.15, -0.1) is 0 Å². The van der Waals surface area contributed by atoms with Crippen LogP contribution in [-0.2, 0) is 24.2 Å². The van der Waals surface area contributed by atoms with Crippen molar-refractivity contribution in [3.05, 3.63) is 93.0 Å². The highest BCUT2D eigenvalue weighted by Gasteiger charge is 2.36. The topological polar surface area (TPSA) is 76.1 Å². The van der Waals surface area contributed by atoms with Crippen molar-refractivity contribution in [3.8, 4) is 11.5 Å². The maximum Gasteiger partial charge on any atom is 0.305 e. The molecular weight excluding hydrogens is 501 g/mol. The van der Waals surface area contributed by atoms with Crippen molar-refractivity contribution in [1.82, 2.24) is 4.90 Å². The van der Waals surface area contributed by atoms with Crippen LogP contribution in [0.15, 0.2) is 60.7 Å². The van der Waals surface area contributed by atoms with E-state index >= 15 is 0 Å². The highest BCUT2D eigenvalue weighted by atomic mass is 35.5. The third-order valence-electron chi connectivity index (χ3n) is 6.26. The second-order valence-corrected chi connectivity index (χ2v) is 9.91. The lowest BCUT2D eigenvalue weighted by Gasteiger charge is -2.24. The quantitative estimate of drug-likeness (QED) is 0.366. The normalized spacial score (nSPS) is 16.2. The minimum absolute atomic E-state index is 0.0742. The molecule has 0 fully saturated rings. The Morgan fingerprint density at radius 2 is 1.83 bits per heavy atom. The summed E-state index contributed by atoms with van der Waals surface area (Å²) in [6.45, 7) is 2.31. The van der Waals surface area contributed by atoms with Gasteiger partial charge in [0.2, 0.25) is 0 Å². The van der Waals surface area contributed by atoms with Crippen molar-refractivity contribution in [2.24, 2.45) is 0 Å². The number of methoxy groups -OCH3 is 1. The van der Waals surface area contributed by atoms with Gasteiger partial charge in [0.25, 0.3) is 5.91 Å². The zero-order chi connectivity index (χ0) is 25.9. The number of carbonyl (C=O) groups is 2. The summed E-state index contributed by atoms with van der Waals surface area (Å²) in [6.07, 6.45) is 0.990.